The summed E-state index contributed by atoms with van der Waals surface area (Å²) in [6.45, 7) is 6.26. The number of rotatable bonds is 7. The van der Waals surface area contributed by atoms with Crippen molar-refractivity contribution in [2.75, 3.05) is 26.3 Å². The first-order valence-electron chi connectivity index (χ1n) is 10.0. The van der Waals surface area contributed by atoms with Crippen LogP contribution in [0, 0.1) is 5.92 Å². The first-order valence-corrected chi connectivity index (χ1v) is 10.0. The van der Waals surface area contributed by atoms with Crippen LogP contribution in [-0.4, -0.2) is 49.1 Å². The molecule has 2 amide bonds. The van der Waals surface area contributed by atoms with E-state index in [4.69, 9.17) is 4.74 Å². The number of hydrogen-bond acceptors (Lipinski definition) is 4. The molecule has 1 aromatic rings. The minimum Gasteiger partial charge on any atom is -0.379 e. The molecule has 1 heterocycles. The van der Waals surface area contributed by atoms with Gasteiger partial charge in [0.2, 0.25) is 11.8 Å². The van der Waals surface area contributed by atoms with Crippen molar-refractivity contribution in [3.8, 4) is 0 Å². The highest BCUT2D eigenvalue weighted by atomic mass is 16.5. The number of carbonyl (C=O) groups is 2. The summed E-state index contributed by atoms with van der Waals surface area (Å²) in [4.78, 5) is 26.7. The number of nitrogens with zero attached hydrogens (tertiary/aromatic N) is 1. The Morgan fingerprint density at radius 1 is 1.15 bits per heavy atom. The van der Waals surface area contributed by atoms with Crippen LogP contribution in [0.5, 0.6) is 0 Å². The predicted octanol–water partition coefficient (Wildman–Crippen LogP) is 1.83. The third kappa shape index (κ3) is 5.78. The molecule has 6 heteroatoms. The number of benzene rings is 1. The molecule has 1 saturated carbocycles. The molecule has 1 saturated heterocycles. The summed E-state index contributed by atoms with van der Waals surface area (Å²) in [6.07, 6.45) is 4.28. The molecule has 0 aromatic heterocycles. The van der Waals surface area contributed by atoms with Gasteiger partial charge in [0.1, 0.15) is 6.04 Å². The lowest BCUT2D eigenvalue weighted by atomic mass is 9.97. The van der Waals surface area contributed by atoms with Crippen molar-refractivity contribution in [3.63, 3.8) is 0 Å². The zero-order chi connectivity index (χ0) is 19.1. The van der Waals surface area contributed by atoms with E-state index in [9.17, 15) is 9.59 Å². The van der Waals surface area contributed by atoms with E-state index in [-0.39, 0.29) is 17.7 Å². The van der Waals surface area contributed by atoms with Gasteiger partial charge in [0.15, 0.2) is 0 Å². The van der Waals surface area contributed by atoms with Crippen LogP contribution < -0.4 is 10.6 Å². The molecular weight excluding hydrogens is 342 g/mol. The number of nitrogens with one attached hydrogen (secondary N) is 2. The van der Waals surface area contributed by atoms with Crippen LogP contribution >= 0.6 is 0 Å². The molecule has 1 aromatic carbocycles. The Morgan fingerprint density at radius 2 is 1.81 bits per heavy atom. The van der Waals surface area contributed by atoms with Gasteiger partial charge in [0, 0.05) is 33.1 Å². The molecule has 0 radical (unpaired) electrons. The lowest BCUT2D eigenvalue weighted by molar-refractivity contribution is -0.129. The maximum absolute atomic E-state index is 12.8. The minimum atomic E-state index is -0.420. The predicted molar refractivity (Wildman–Crippen MR) is 104 cm³/mol. The Balaban J connectivity index is 1.60. The van der Waals surface area contributed by atoms with Gasteiger partial charge >= 0.3 is 0 Å². The third-order valence-electron chi connectivity index (χ3n) is 5.58. The molecule has 6 nitrogen and oxygen atoms in total. The fraction of sp³-hybridized carbons (Fsp3) is 0.619. The minimum absolute atomic E-state index is 0.0710. The van der Waals surface area contributed by atoms with Gasteiger partial charge < -0.3 is 15.4 Å². The maximum Gasteiger partial charge on any atom is 0.243 e. The van der Waals surface area contributed by atoms with E-state index in [2.05, 4.69) is 27.7 Å². The molecule has 1 unspecified atom stereocenters. The smallest absolute Gasteiger partial charge is 0.243 e. The molecule has 0 spiro atoms. The van der Waals surface area contributed by atoms with Crippen LogP contribution in [0.15, 0.2) is 24.3 Å². The zero-order valence-corrected chi connectivity index (χ0v) is 16.2. The number of ether oxygens (including phenoxy) is 1. The van der Waals surface area contributed by atoms with Crippen LogP contribution in [0.2, 0.25) is 0 Å². The lowest BCUT2D eigenvalue weighted by Crippen LogP contribution is -2.49. The Kier molecular flexibility index (Phi) is 7.24. The molecule has 2 fully saturated rings. The molecule has 27 heavy (non-hydrogen) atoms. The average Bonchev–Trinajstić information content (AvgIpc) is 3.20. The molecule has 1 aliphatic carbocycles. The molecule has 3 rings (SSSR count). The third-order valence-corrected chi connectivity index (χ3v) is 5.58. The van der Waals surface area contributed by atoms with Crippen molar-refractivity contribution in [2.45, 2.75) is 51.7 Å². The second-order valence-electron chi connectivity index (χ2n) is 7.60. The fourth-order valence-electron chi connectivity index (χ4n) is 4.08. The van der Waals surface area contributed by atoms with E-state index in [1.54, 1.807) is 0 Å². The van der Waals surface area contributed by atoms with E-state index in [1.165, 1.54) is 12.5 Å². The van der Waals surface area contributed by atoms with Gasteiger partial charge in [-0.2, -0.15) is 0 Å². The van der Waals surface area contributed by atoms with Gasteiger partial charge in [0.05, 0.1) is 13.2 Å². The van der Waals surface area contributed by atoms with E-state index in [0.29, 0.717) is 6.54 Å². The molecule has 1 aliphatic heterocycles. The average molecular weight is 373 g/mol. The molecule has 148 valence electrons. The maximum atomic E-state index is 12.8. The van der Waals surface area contributed by atoms with Crippen molar-refractivity contribution in [1.82, 2.24) is 15.5 Å². The van der Waals surface area contributed by atoms with Gasteiger partial charge in [-0.3, -0.25) is 14.5 Å². The van der Waals surface area contributed by atoms with Crippen LogP contribution in [0.4, 0.5) is 0 Å². The lowest BCUT2D eigenvalue weighted by Gasteiger charge is -2.27. The van der Waals surface area contributed by atoms with Crippen molar-refractivity contribution in [2.24, 2.45) is 5.92 Å². The van der Waals surface area contributed by atoms with Gasteiger partial charge in [-0.1, -0.05) is 37.1 Å². The number of carbonyl (C=O) groups excluding carboxylic acids is 2. The molecule has 2 aliphatic rings. The van der Waals surface area contributed by atoms with Crippen LogP contribution in [-0.2, 0) is 27.4 Å². The van der Waals surface area contributed by atoms with E-state index in [0.717, 1.165) is 64.1 Å². The monoisotopic (exact) mass is 373 g/mol. The van der Waals surface area contributed by atoms with Gasteiger partial charge in [-0.15, -0.1) is 0 Å². The highest BCUT2D eigenvalue weighted by Crippen LogP contribution is 2.28. The van der Waals surface area contributed by atoms with Crippen molar-refractivity contribution in [3.05, 3.63) is 35.4 Å². The summed E-state index contributed by atoms with van der Waals surface area (Å²) in [7, 11) is 0. The summed E-state index contributed by atoms with van der Waals surface area (Å²) < 4.78 is 5.42. The molecule has 2 N–H and O–H groups in total. The van der Waals surface area contributed by atoms with Crippen LogP contribution in [0.3, 0.4) is 0 Å². The van der Waals surface area contributed by atoms with Crippen molar-refractivity contribution < 1.29 is 14.3 Å². The van der Waals surface area contributed by atoms with Gasteiger partial charge in [-0.25, -0.2) is 0 Å². The van der Waals surface area contributed by atoms with Gasteiger partial charge in [-0.05, 0) is 29.9 Å². The zero-order valence-electron chi connectivity index (χ0n) is 16.2. The van der Waals surface area contributed by atoms with E-state index < -0.39 is 6.04 Å². The number of amides is 2. The Hall–Kier alpha value is -1.92. The summed E-state index contributed by atoms with van der Waals surface area (Å²) in [5.74, 6) is 0.0329. The summed E-state index contributed by atoms with van der Waals surface area (Å²) in [5, 5.41) is 5.93. The van der Waals surface area contributed by atoms with Gasteiger partial charge in [0.25, 0.3) is 0 Å². The fourth-order valence-corrected chi connectivity index (χ4v) is 4.08. The van der Waals surface area contributed by atoms with Crippen LogP contribution in [0.1, 0.15) is 43.7 Å². The number of morpholine rings is 1. The Labute approximate surface area is 161 Å². The second kappa shape index (κ2) is 9.85. The molecular formula is C21H31N3O3. The molecule has 1 atom stereocenters. The summed E-state index contributed by atoms with van der Waals surface area (Å²) >= 11 is 0. The van der Waals surface area contributed by atoms with E-state index >= 15 is 0 Å². The normalized spacial score (nSPS) is 19.6. The number of hydrogen-bond donors (Lipinski definition) is 2. The SMILES string of the molecule is CC(=O)NC(C(=O)NCc1ccccc1CN1CCOCC1)C1CCCC1. The van der Waals surface area contributed by atoms with Crippen molar-refractivity contribution >= 4 is 11.8 Å². The van der Waals surface area contributed by atoms with E-state index in [1.807, 2.05) is 12.1 Å². The second-order valence-corrected chi connectivity index (χ2v) is 7.60. The Morgan fingerprint density at radius 3 is 2.48 bits per heavy atom. The Bertz CT molecular complexity index is 637. The molecule has 0 bridgehead atoms. The van der Waals surface area contributed by atoms with Crippen LogP contribution in [0.25, 0.3) is 0 Å². The van der Waals surface area contributed by atoms with Crippen molar-refractivity contribution in [1.29, 1.82) is 0 Å². The standard InChI is InChI=1S/C21H31N3O3/c1-16(25)23-20(17-6-2-3-7-17)21(26)22-14-18-8-4-5-9-19(18)15-24-10-12-27-13-11-24/h4-5,8-9,17,20H,2-3,6-7,10-15H2,1H3,(H,22,26)(H,23,25). The summed E-state index contributed by atoms with van der Waals surface area (Å²) in [5.41, 5.74) is 2.36. The summed E-state index contributed by atoms with van der Waals surface area (Å²) in [6, 6.07) is 7.82. The topological polar surface area (TPSA) is 70.7 Å². The quantitative estimate of drug-likeness (QED) is 0.765. The highest BCUT2D eigenvalue weighted by Gasteiger charge is 2.31. The highest BCUT2D eigenvalue weighted by molar-refractivity contribution is 5.87. The first kappa shape index (κ1) is 19.8. The largest absolute Gasteiger partial charge is 0.379 e. The first-order chi connectivity index (χ1) is 13.1.